The Bertz CT molecular complexity index is 191. The Kier molecular flexibility index (Phi) is 3.39. The molecule has 0 unspecified atom stereocenters. The Morgan fingerprint density at radius 3 is 2.43 bits per heavy atom. The summed E-state index contributed by atoms with van der Waals surface area (Å²) in [6, 6.07) is 0.890. The molecule has 0 amide bonds. The zero-order valence-electron chi connectivity index (χ0n) is 9.30. The maximum Gasteiger partial charge on any atom is 0.0201 e. The van der Waals surface area contributed by atoms with Gasteiger partial charge in [0.2, 0.25) is 0 Å². The maximum absolute atomic E-state index is 2.52. The third-order valence-electron chi connectivity index (χ3n) is 4.23. The van der Waals surface area contributed by atoms with E-state index in [2.05, 4.69) is 44.8 Å². The highest BCUT2D eigenvalue weighted by Gasteiger charge is 2.46. The van der Waals surface area contributed by atoms with Gasteiger partial charge < -0.3 is 4.90 Å². The molecule has 0 atom stereocenters. The quantitative estimate of drug-likeness (QED) is 0.571. The minimum absolute atomic E-state index is 0.746. The van der Waals surface area contributed by atoms with E-state index in [-0.39, 0.29) is 0 Å². The molecule has 3 heteroatoms. The Balaban J connectivity index is 1.80. The second-order valence-electron chi connectivity index (χ2n) is 5.05. The molecule has 1 aliphatic carbocycles. The van der Waals surface area contributed by atoms with Crippen molar-refractivity contribution in [3.63, 3.8) is 0 Å². The lowest BCUT2D eigenvalue weighted by molar-refractivity contribution is -0.0165. The van der Waals surface area contributed by atoms with Crippen LogP contribution >= 0.6 is 22.9 Å². The molecular weight excluding hydrogens is 287 g/mol. The number of nitrogens with zero attached hydrogens (tertiary/aromatic N) is 2. The Labute approximate surface area is 102 Å². The van der Waals surface area contributed by atoms with Gasteiger partial charge in [0.1, 0.15) is 0 Å². The molecule has 2 nitrogen and oxygen atoms in total. The van der Waals surface area contributed by atoms with Gasteiger partial charge in [0.05, 0.1) is 0 Å². The molecule has 0 aromatic heterocycles. The number of rotatable bonds is 2. The highest BCUT2D eigenvalue weighted by atomic mass is 127. The van der Waals surface area contributed by atoms with Crippen molar-refractivity contribution in [3.8, 4) is 0 Å². The van der Waals surface area contributed by atoms with Crippen molar-refractivity contribution in [3.05, 3.63) is 0 Å². The van der Waals surface area contributed by atoms with E-state index in [1.54, 1.807) is 0 Å². The van der Waals surface area contributed by atoms with E-state index in [1.807, 2.05) is 0 Å². The van der Waals surface area contributed by atoms with Crippen LogP contribution in [0.1, 0.15) is 32.6 Å². The lowest BCUT2D eigenvalue weighted by Crippen LogP contribution is -2.52. The maximum atomic E-state index is 2.52. The summed E-state index contributed by atoms with van der Waals surface area (Å²) in [5.41, 5.74) is 0.746. The summed E-state index contributed by atoms with van der Waals surface area (Å²) in [7, 11) is 2.27. The second kappa shape index (κ2) is 4.26. The zero-order chi connectivity index (χ0) is 10.2. The number of halogens is 1. The minimum atomic E-state index is 0.746. The fourth-order valence-electron chi connectivity index (χ4n) is 2.87. The zero-order valence-corrected chi connectivity index (χ0v) is 11.5. The summed E-state index contributed by atoms with van der Waals surface area (Å²) in [5, 5.41) is 0. The summed E-state index contributed by atoms with van der Waals surface area (Å²) in [6.07, 6.45) is 5.79. The minimum Gasteiger partial charge on any atom is -0.304 e. The van der Waals surface area contributed by atoms with E-state index in [4.69, 9.17) is 0 Å². The van der Waals surface area contributed by atoms with Gasteiger partial charge in [0.15, 0.2) is 0 Å². The molecule has 1 saturated heterocycles. The molecule has 1 aliphatic heterocycles. The lowest BCUT2D eigenvalue weighted by atomic mass is 9.60. The average molecular weight is 308 g/mol. The standard InChI is InChI=1S/C11H21IN2/c1-3-13(2)10-8-11(9-10)4-6-14(12)7-5-11/h10H,3-9H2,1-2H3. The molecule has 2 fully saturated rings. The van der Waals surface area contributed by atoms with E-state index in [0.717, 1.165) is 11.5 Å². The van der Waals surface area contributed by atoms with Crippen molar-refractivity contribution in [1.82, 2.24) is 8.01 Å². The van der Waals surface area contributed by atoms with Gasteiger partial charge in [0, 0.05) is 42.0 Å². The summed E-state index contributed by atoms with van der Waals surface area (Å²) in [5.74, 6) is 0. The van der Waals surface area contributed by atoms with Crippen LogP contribution in [0.2, 0.25) is 0 Å². The van der Waals surface area contributed by atoms with E-state index in [0.29, 0.717) is 0 Å². The predicted molar refractivity (Wildman–Crippen MR) is 68.6 cm³/mol. The molecule has 82 valence electrons. The predicted octanol–water partition coefficient (Wildman–Crippen LogP) is 2.53. The van der Waals surface area contributed by atoms with Gasteiger partial charge in [-0.1, -0.05) is 6.92 Å². The first kappa shape index (κ1) is 11.1. The first-order chi connectivity index (χ1) is 6.65. The van der Waals surface area contributed by atoms with Gasteiger partial charge in [-0.2, -0.15) is 0 Å². The van der Waals surface area contributed by atoms with Crippen molar-refractivity contribution in [1.29, 1.82) is 0 Å². The van der Waals surface area contributed by atoms with Crippen molar-refractivity contribution >= 4 is 22.9 Å². The van der Waals surface area contributed by atoms with Crippen LogP contribution in [0.3, 0.4) is 0 Å². The highest BCUT2D eigenvalue weighted by Crippen LogP contribution is 2.50. The molecule has 0 N–H and O–H groups in total. The lowest BCUT2D eigenvalue weighted by Gasteiger charge is -2.54. The van der Waals surface area contributed by atoms with Crippen molar-refractivity contribution in [2.45, 2.75) is 38.6 Å². The topological polar surface area (TPSA) is 6.48 Å². The molecule has 1 heterocycles. The molecule has 0 bridgehead atoms. The van der Waals surface area contributed by atoms with Gasteiger partial charge in [-0.15, -0.1) is 0 Å². The van der Waals surface area contributed by atoms with Crippen molar-refractivity contribution < 1.29 is 0 Å². The fourth-order valence-corrected chi connectivity index (χ4v) is 3.35. The van der Waals surface area contributed by atoms with Gasteiger partial charge in [-0.25, -0.2) is 3.11 Å². The third kappa shape index (κ3) is 2.09. The molecule has 2 aliphatic rings. The van der Waals surface area contributed by atoms with E-state index in [1.165, 1.54) is 45.3 Å². The molecule has 0 aromatic rings. The molecule has 2 rings (SSSR count). The first-order valence-corrected chi connectivity index (χ1v) is 6.73. The van der Waals surface area contributed by atoms with Crippen LogP contribution in [-0.4, -0.2) is 40.7 Å². The van der Waals surface area contributed by atoms with Crippen LogP contribution < -0.4 is 0 Å². The smallest absolute Gasteiger partial charge is 0.0201 e. The van der Waals surface area contributed by atoms with Crippen LogP contribution in [0, 0.1) is 5.41 Å². The molecule has 0 radical (unpaired) electrons. The third-order valence-corrected chi connectivity index (χ3v) is 5.19. The van der Waals surface area contributed by atoms with Gasteiger partial charge in [-0.3, -0.25) is 0 Å². The van der Waals surface area contributed by atoms with Crippen molar-refractivity contribution in [2.75, 3.05) is 26.7 Å². The molecular formula is C11H21IN2. The van der Waals surface area contributed by atoms with Gasteiger partial charge >= 0.3 is 0 Å². The highest BCUT2D eigenvalue weighted by molar-refractivity contribution is 14.1. The van der Waals surface area contributed by atoms with Crippen LogP contribution in [-0.2, 0) is 0 Å². The van der Waals surface area contributed by atoms with Crippen LogP contribution in [0.15, 0.2) is 0 Å². The van der Waals surface area contributed by atoms with Gasteiger partial charge in [0.25, 0.3) is 0 Å². The van der Waals surface area contributed by atoms with Gasteiger partial charge in [-0.05, 0) is 44.7 Å². The average Bonchev–Trinajstić information content (AvgIpc) is 2.15. The Morgan fingerprint density at radius 1 is 1.36 bits per heavy atom. The molecule has 0 aromatic carbocycles. The van der Waals surface area contributed by atoms with Crippen molar-refractivity contribution in [2.24, 2.45) is 5.41 Å². The summed E-state index contributed by atoms with van der Waals surface area (Å²) < 4.78 is 2.44. The molecule has 14 heavy (non-hydrogen) atoms. The molecule has 1 spiro atoms. The summed E-state index contributed by atoms with van der Waals surface area (Å²) >= 11 is 2.46. The molecule has 1 saturated carbocycles. The SMILES string of the molecule is CCN(C)C1CC2(CCN(I)CC2)C1. The van der Waals surface area contributed by atoms with E-state index < -0.39 is 0 Å². The van der Waals surface area contributed by atoms with E-state index in [9.17, 15) is 0 Å². The number of hydrogen-bond donors (Lipinski definition) is 0. The fraction of sp³-hybridized carbons (Fsp3) is 1.00. The van der Waals surface area contributed by atoms with Crippen LogP contribution in [0.4, 0.5) is 0 Å². The summed E-state index contributed by atoms with van der Waals surface area (Å²) in [4.78, 5) is 2.52. The first-order valence-electron chi connectivity index (χ1n) is 5.76. The monoisotopic (exact) mass is 308 g/mol. The normalized spacial score (nSPS) is 28.3. The Morgan fingerprint density at radius 2 is 1.93 bits per heavy atom. The Hall–Kier alpha value is 0.650. The van der Waals surface area contributed by atoms with E-state index >= 15 is 0 Å². The largest absolute Gasteiger partial charge is 0.304 e. The van der Waals surface area contributed by atoms with Crippen LogP contribution in [0.5, 0.6) is 0 Å². The number of piperidine rings is 1. The second-order valence-corrected chi connectivity index (χ2v) is 6.41. The van der Waals surface area contributed by atoms with Crippen LogP contribution in [0.25, 0.3) is 0 Å². The number of hydrogen-bond acceptors (Lipinski definition) is 2. The summed E-state index contributed by atoms with van der Waals surface area (Å²) in [6.45, 7) is 6.09.